The molecule has 0 radical (unpaired) electrons. The first kappa shape index (κ1) is 10.4. The molecule has 14 heavy (non-hydrogen) atoms. The van der Waals surface area contributed by atoms with Crippen LogP contribution in [0.4, 0.5) is 0 Å². The van der Waals surface area contributed by atoms with Gasteiger partial charge in [0.05, 0.1) is 6.61 Å². The first-order chi connectivity index (χ1) is 6.70. The minimum atomic E-state index is 0.0817. The zero-order valence-electron chi connectivity index (χ0n) is 9.42. The van der Waals surface area contributed by atoms with Crippen molar-refractivity contribution in [3.05, 3.63) is 0 Å². The lowest BCUT2D eigenvalue weighted by Crippen LogP contribution is -2.55. The largest absolute Gasteiger partial charge is 0.394 e. The predicted octanol–water partition coefficient (Wildman–Crippen LogP) is 1.93. The van der Waals surface area contributed by atoms with E-state index in [1.165, 1.54) is 25.7 Å². The zero-order chi connectivity index (χ0) is 10.2. The van der Waals surface area contributed by atoms with Gasteiger partial charge in [-0.3, -0.25) is 0 Å². The molecule has 0 aromatic heterocycles. The summed E-state index contributed by atoms with van der Waals surface area (Å²) in [6.45, 7) is 4.76. The minimum absolute atomic E-state index is 0.0817. The average Bonchev–Trinajstić information content (AvgIpc) is 2.77. The van der Waals surface area contributed by atoms with Crippen molar-refractivity contribution in [3.8, 4) is 0 Å². The van der Waals surface area contributed by atoms with Crippen LogP contribution in [0.1, 0.15) is 46.0 Å². The Balaban J connectivity index is 2.03. The second-order valence-corrected chi connectivity index (χ2v) is 5.35. The Bertz CT molecular complexity index is 206. The summed E-state index contributed by atoms with van der Waals surface area (Å²) in [6, 6.07) is 0.543. The van der Waals surface area contributed by atoms with Crippen LogP contribution in [0.15, 0.2) is 0 Å². The third-order valence-corrected chi connectivity index (χ3v) is 4.40. The second kappa shape index (κ2) is 3.82. The van der Waals surface area contributed by atoms with Crippen molar-refractivity contribution in [1.29, 1.82) is 0 Å². The predicted molar refractivity (Wildman–Crippen MR) is 58.2 cm³/mol. The number of aliphatic hydroxyl groups excluding tert-OH is 1. The van der Waals surface area contributed by atoms with Crippen LogP contribution >= 0.6 is 0 Å². The highest BCUT2D eigenvalue weighted by Crippen LogP contribution is 2.50. The van der Waals surface area contributed by atoms with Gasteiger partial charge in [0.25, 0.3) is 0 Å². The lowest BCUT2D eigenvalue weighted by Gasteiger charge is -2.39. The SMILES string of the molecule is CCC(C)NC1(CO)CC2CCC1C2. The van der Waals surface area contributed by atoms with Gasteiger partial charge >= 0.3 is 0 Å². The Morgan fingerprint density at radius 3 is 2.71 bits per heavy atom. The Morgan fingerprint density at radius 1 is 1.50 bits per heavy atom. The summed E-state index contributed by atoms with van der Waals surface area (Å²) in [6.07, 6.45) is 6.44. The lowest BCUT2D eigenvalue weighted by atomic mass is 9.81. The normalized spacial score (nSPS) is 43.1. The van der Waals surface area contributed by atoms with E-state index < -0.39 is 0 Å². The number of nitrogens with one attached hydrogen (secondary N) is 1. The molecule has 2 fully saturated rings. The van der Waals surface area contributed by atoms with E-state index in [1.807, 2.05) is 0 Å². The maximum atomic E-state index is 9.62. The minimum Gasteiger partial charge on any atom is -0.394 e. The van der Waals surface area contributed by atoms with Crippen molar-refractivity contribution in [2.45, 2.75) is 57.5 Å². The standard InChI is InChI=1S/C12H23NO/c1-3-9(2)13-12(8-14)7-10-4-5-11(12)6-10/h9-11,13-14H,3-8H2,1-2H3. The molecule has 2 nitrogen and oxygen atoms in total. The van der Waals surface area contributed by atoms with Gasteiger partial charge in [-0.2, -0.15) is 0 Å². The van der Waals surface area contributed by atoms with Gasteiger partial charge < -0.3 is 10.4 Å². The van der Waals surface area contributed by atoms with Crippen LogP contribution < -0.4 is 5.32 Å². The van der Waals surface area contributed by atoms with Gasteiger partial charge in [0.2, 0.25) is 0 Å². The fourth-order valence-electron chi connectivity index (χ4n) is 3.45. The van der Waals surface area contributed by atoms with Crippen molar-refractivity contribution in [3.63, 3.8) is 0 Å². The van der Waals surface area contributed by atoms with Crippen molar-refractivity contribution in [2.24, 2.45) is 11.8 Å². The molecular weight excluding hydrogens is 174 g/mol. The van der Waals surface area contributed by atoms with Gasteiger partial charge in [-0.1, -0.05) is 13.3 Å². The van der Waals surface area contributed by atoms with Crippen LogP contribution in [-0.4, -0.2) is 23.3 Å². The van der Waals surface area contributed by atoms with E-state index in [0.717, 1.165) is 18.3 Å². The Hall–Kier alpha value is -0.0800. The average molecular weight is 197 g/mol. The maximum absolute atomic E-state index is 9.62. The maximum Gasteiger partial charge on any atom is 0.0616 e. The van der Waals surface area contributed by atoms with Crippen molar-refractivity contribution < 1.29 is 5.11 Å². The summed E-state index contributed by atoms with van der Waals surface area (Å²) in [4.78, 5) is 0. The number of hydrogen-bond acceptors (Lipinski definition) is 2. The zero-order valence-corrected chi connectivity index (χ0v) is 9.42. The fourth-order valence-corrected chi connectivity index (χ4v) is 3.45. The van der Waals surface area contributed by atoms with Gasteiger partial charge in [-0.25, -0.2) is 0 Å². The first-order valence-corrected chi connectivity index (χ1v) is 6.08. The number of rotatable bonds is 4. The highest BCUT2D eigenvalue weighted by Gasteiger charge is 2.50. The molecule has 0 spiro atoms. The summed E-state index contributed by atoms with van der Waals surface area (Å²) >= 11 is 0. The summed E-state index contributed by atoms with van der Waals surface area (Å²) in [7, 11) is 0. The number of hydrogen-bond donors (Lipinski definition) is 2. The van der Waals surface area contributed by atoms with Crippen LogP contribution in [0.2, 0.25) is 0 Å². The first-order valence-electron chi connectivity index (χ1n) is 6.08. The van der Waals surface area contributed by atoms with Gasteiger partial charge in [-0.15, -0.1) is 0 Å². The number of aliphatic hydroxyl groups is 1. The molecule has 2 aliphatic rings. The van der Waals surface area contributed by atoms with Gasteiger partial charge in [0.15, 0.2) is 0 Å². The van der Waals surface area contributed by atoms with Gasteiger partial charge in [0.1, 0.15) is 0 Å². The second-order valence-electron chi connectivity index (χ2n) is 5.35. The van der Waals surface area contributed by atoms with E-state index in [4.69, 9.17) is 0 Å². The monoisotopic (exact) mass is 197 g/mol. The molecule has 0 aromatic carbocycles. The third-order valence-electron chi connectivity index (χ3n) is 4.40. The van der Waals surface area contributed by atoms with E-state index in [1.54, 1.807) is 0 Å². The molecule has 0 aromatic rings. The third kappa shape index (κ3) is 1.59. The van der Waals surface area contributed by atoms with Crippen molar-refractivity contribution in [2.75, 3.05) is 6.61 Å². The summed E-state index contributed by atoms with van der Waals surface area (Å²) in [5.74, 6) is 1.63. The van der Waals surface area contributed by atoms with E-state index in [2.05, 4.69) is 19.2 Å². The Labute approximate surface area is 87.1 Å². The van der Waals surface area contributed by atoms with Crippen LogP contribution in [-0.2, 0) is 0 Å². The molecule has 0 heterocycles. The molecule has 2 rings (SSSR count). The Kier molecular flexibility index (Phi) is 2.85. The molecule has 0 aliphatic heterocycles. The summed E-state index contributed by atoms with van der Waals surface area (Å²) < 4.78 is 0. The summed E-state index contributed by atoms with van der Waals surface area (Å²) in [5, 5.41) is 13.3. The van der Waals surface area contributed by atoms with E-state index in [-0.39, 0.29) is 5.54 Å². The quantitative estimate of drug-likeness (QED) is 0.721. The highest BCUT2D eigenvalue weighted by molar-refractivity contribution is 5.06. The summed E-state index contributed by atoms with van der Waals surface area (Å²) in [5.41, 5.74) is 0.0817. The van der Waals surface area contributed by atoms with Crippen LogP contribution in [0.5, 0.6) is 0 Å². The molecule has 0 amide bonds. The van der Waals surface area contributed by atoms with E-state index >= 15 is 0 Å². The van der Waals surface area contributed by atoms with E-state index in [9.17, 15) is 5.11 Å². The van der Waals surface area contributed by atoms with Gasteiger partial charge in [-0.05, 0) is 44.4 Å². The Morgan fingerprint density at radius 2 is 2.29 bits per heavy atom. The molecule has 2 bridgehead atoms. The lowest BCUT2D eigenvalue weighted by molar-refractivity contribution is 0.0952. The molecular formula is C12H23NO. The van der Waals surface area contributed by atoms with Gasteiger partial charge in [0, 0.05) is 11.6 Å². The molecule has 0 saturated heterocycles. The van der Waals surface area contributed by atoms with Crippen molar-refractivity contribution in [1.82, 2.24) is 5.32 Å². The molecule has 2 N–H and O–H groups in total. The molecule has 2 aliphatic carbocycles. The van der Waals surface area contributed by atoms with Crippen LogP contribution in [0.3, 0.4) is 0 Å². The van der Waals surface area contributed by atoms with Crippen LogP contribution in [0, 0.1) is 11.8 Å². The molecule has 4 atom stereocenters. The van der Waals surface area contributed by atoms with Crippen molar-refractivity contribution >= 4 is 0 Å². The fraction of sp³-hybridized carbons (Fsp3) is 1.00. The topological polar surface area (TPSA) is 32.3 Å². The van der Waals surface area contributed by atoms with E-state index in [0.29, 0.717) is 12.6 Å². The number of fused-ring (bicyclic) bond motifs is 2. The highest BCUT2D eigenvalue weighted by atomic mass is 16.3. The molecule has 2 heteroatoms. The molecule has 82 valence electrons. The molecule has 4 unspecified atom stereocenters. The molecule has 2 saturated carbocycles. The smallest absolute Gasteiger partial charge is 0.0616 e. The van der Waals surface area contributed by atoms with Crippen LogP contribution in [0.25, 0.3) is 0 Å².